The number of alkyl halides is 2. The van der Waals surface area contributed by atoms with Crippen LogP contribution >= 0.6 is 11.3 Å². The van der Waals surface area contributed by atoms with Gasteiger partial charge in [0.1, 0.15) is 11.4 Å². The molecule has 1 fully saturated rings. The lowest BCUT2D eigenvalue weighted by Gasteiger charge is -2.12. The Bertz CT molecular complexity index is 689. The third-order valence-corrected chi connectivity index (χ3v) is 5.03. The topological polar surface area (TPSA) is 39.1 Å². The van der Waals surface area contributed by atoms with Crippen molar-refractivity contribution in [2.75, 3.05) is 13.2 Å². The van der Waals surface area contributed by atoms with E-state index in [9.17, 15) is 8.78 Å². The average Bonchev–Trinajstić information content (AvgIpc) is 3.24. The zero-order valence-corrected chi connectivity index (χ0v) is 13.7. The summed E-state index contributed by atoms with van der Waals surface area (Å²) < 4.78 is 32.5. The maximum Gasteiger partial charge on any atom is 0.280 e. The molecule has 7 heteroatoms. The van der Waals surface area contributed by atoms with Crippen LogP contribution in [-0.2, 0) is 11.8 Å². The van der Waals surface area contributed by atoms with Crippen molar-refractivity contribution in [3.05, 3.63) is 35.3 Å². The number of hydrogen-bond acceptors (Lipinski definition) is 4. The number of thiophene rings is 1. The van der Waals surface area contributed by atoms with Gasteiger partial charge in [0, 0.05) is 25.9 Å². The first kappa shape index (κ1) is 16.1. The van der Waals surface area contributed by atoms with Crippen molar-refractivity contribution in [3.8, 4) is 10.6 Å². The summed E-state index contributed by atoms with van der Waals surface area (Å²) in [6.45, 7) is 5.61. The summed E-state index contributed by atoms with van der Waals surface area (Å²) in [6.07, 6.45) is -0.103. The second-order valence-electron chi connectivity index (χ2n) is 5.54. The SMILES string of the molecule is C=C(NCC1CCCO1)c1ccc(-c2cc(C(F)F)n(C)n2)s1. The zero-order chi connectivity index (χ0) is 16.4. The Morgan fingerprint density at radius 3 is 3.04 bits per heavy atom. The summed E-state index contributed by atoms with van der Waals surface area (Å²) >= 11 is 1.49. The molecule has 1 N–H and O–H groups in total. The minimum absolute atomic E-state index is 0.0784. The first-order chi connectivity index (χ1) is 11.0. The van der Waals surface area contributed by atoms with Gasteiger partial charge in [-0.3, -0.25) is 4.68 Å². The second kappa shape index (κ2) is 6.80. The van der Waals surface area contributed by atoms with Gasteiger partial charge in [0.2, 0.25) is 0 Å². The molecule has 0 bridgehead atoms. The maximum absolute atomic E-state index is 12.8. The summed E-state index contributed by atoms with van der Waals surface area (Å²) in [7, 11) is 1.53. The molecule has 1 saturated heterocycles. The van der Waals surface area contributed by atoms with E-state index >= 15 is 0 Å². The predicted octanol–water partition coefficient (Wildman–Crippen LogP) is 3.83. The molecule has 23 heavy (non-hydrogen) atoms. The molecule has 4 nitrogen and oxygen atoms in total. The van der Waals surface area contributed by atoms with Gasteiger partial charge in [-0.2, -0.15) is 5.10 Å². The Kier molecular flexibility index (Phi) is 4.77. The highest BCUT2D eigenvalue weighted by molar-refractivity contribution is 7.16. The number of aromatic nitrogens is 2. The third-order valence-electron chi connectivity index (χ3n) is 3.86. The van der Waals surface area contributed by atoms with Crippen LogP contribution in [0.1, 0.15) is 29.8 Å². The van der Waals surface area contributed by atoms with Crippen LogP contribution in [-0.4, -0.2) is 29.0 Å². The Labute approximate surface area is 137 Å². The third kappa shape index (κ3) is 3.61. The number of nitrogens with one attached hydrogen (secondary N) is 1. The van der Waals surface area contributed by atoms with Gasteiger partial charge in [0.15, 0.2) is 0 Å². The highest BCUT2D eigenvalue weighted by Crippen LogP contribution is 2.32. The fourth-order valence-corrected chi connectivity index (χ4v) is 3.48. The first-order valence-corrected chi connectivity index (χ1v) is 8.33. The molecule has 0 spiro atoms. The number of aryl methyl sites for hydroxylation is 1. The summed E-state index contributed by atoms with van der Waals surface area (Å²) in [5, 5.41) is 7.45. The van der Waals surface area contributed by atoms with Gasteiger partial charge in [-0.15, -0.1) is 11.3 Å². The molecule has 0 radical (unpaired) electrons. The van der Waals surface area contributed by atoms with Crippen LogP contribution in [0.2, 0.25) is 0 Å². The van der Waals surface area contributed by atoms with E-state index < -0.39 is 6.43 Å². The smallest absolute Gasteiger partial charge is 0.280 e. The minimum atomic E-state index is -2.52. The van der Waals surface area contributed by atoms with Crippen molar-refractivity contribution >= 4 is 17.0 Å². The molecule has 0 amide bonds. The highest BCUT2D eigenvalue weighted by Gasteiger charge is 2.18. The van der Waals surface area contributed by atoms with E-state index in [4.69, 9.17) is 4.74 Å². The fourth-order valence-electron chi connectivity index (χ4n) is 2.57. The Morgan fingerprint density at radius 2 is 2.39 bits per heavy atom. The molecule has 3 heterocycles. The maximum atomic E-state index is 12.8. The lowest BCUT2D eigenvalue weighted by atomic mass is 10.2. The van der Waals surface area contributed by atoms with E-state index in [1.165, 1.54) is 29.1 Å². The van der Waals surface area contributed by atoms with Gasteiger partial charge < -0.3 is 10.1 Å². The van der Waals surface area contributed by atoms with E-state index in [0.717, 1.165) is 41.4 Å². The highest BCUT2D eigenvalue weighted by atomic mass is 32.1. The van der Waals surface area contributed by atoms with Crippen molar-refractivity contribution in [3.63, 3.8) is 0 Å². The second-order valence-corrected chi connectivity index (χ2v) is 6.62. The summed E-state index contributed by atoms with van der Waals surface area (Å²) in [5.41, 5.74) is 1.30. The van der Waals surface area contributed by atoms with Crippen molar-refractivity contribution in [1.82, 2.24) is 15.1 Å². The lowest BCUT2D eigenvalue weighted by molar-refractivity contribution is 0.113. The largest absolute Gasteiger partial charge is 0.382 e. The van der Waals surface area contributed by atoms with Crippen LogP contribution in [0, 0.1) is 0 Å². The monoisotopic (exact) mass is 339 g/mol. The Hall–Kier alpha value is -1.73. The van der Waals surface area contributed by atoms with E-state index in [1.807, 2.05) is 12.1 Å². The van der Waals surface area contributed by atoms with Gasteiger partial charge in [-0.05, 0) is 31.0 Å². The molecule has 0 aliphatic carbocycles. The lowest BCUT2D eigenvalue weighted by Crippen LogP contribution is -2.24. The molecule has 1 unspecified atom stereocenters. The molecule has 0 aromatic carbocycles. The number of hydrogen-bond donors (Lipinski definition) is 1. The number of nitrogens with zero attached hydrogens (tertiary/aromatic N) is 2. The molecule has 3 rings (SSSR count). The van der Waals surface area contributed by atoms with Crippen LogP contribution in [0.3, 0.4) is 0 Å². The van der Waals surface area contributed by atoms with Crippen molar-refractivity contribution in [1.29, 1.82) is 0 Å². The number of halogens is 2. The van der Waals surface area contributed by atoms with E-state index in [-0.39, 0.29) is 11.8 Å². The quantitative estimate of drug-likeness (QED) is 0.869. The molecule has 0 saturated carbocycles. The first-order valence-electron chi connectivity index (χ1n) is 7.51. The minimum Gasteiger partial charge on any atom is -0.382 e. The van der Waals surface area contributed by atoms with Crippen LogP contribution in [0.5, 0.6) is 0 Å². The van der Waals surface area contributed by atoms with Crippen molar-refractivity contribution < 1.29 is 13.5 Å². The van der Waals surface area contributed by atoms with Crippen molar-refractivity contribution in [2.45, 2.75) is 25.4 Å². The van der Waals surface area contributed by atoms with Crippen LogP contribution in [0.15, 0.2) is 24.8 Å². The average molecular weight is 339 g/mol. The molecular weight excluding hydrogens is 320 g/mol. The summed E-state index contributed by atoms with van der Waals surface area (Å²) in [5.74, 6) is 0. The van der Waals surface area contributed by atoms with Crippen molar-refractivity contribution in [2.24, 2.45) is 7.05 Å². The fraction of sp³-hybridized carbons (Fsp3) is 0.438. The van der Waals surface area contributed by atoms with Gasteiger partial charge in [0.05, 0.1) is 15.9 Å². The van der Waals surface area contributed by atoms with Gasteiger partial charge >= 0.3 is 0 Å². The number of ether oxygens (including phenoxy) is 1. The van der Waals surface area contributed by atoms with E-state index in [2.05, 4.69) is 17.0 Å². The predicted molar refractivity (Wildman–Crippen MR) is 87.5 cm³/mol. The number of rotatable bonds is 6. The molecule has 2 aromatic rings. The van der Waals surface area contributed by atoms with Gasteiger partial charge in [-0.25, -0.2) is 8.78 Å². The van der Waals surface area contributed by atoms with E-state index in [1.54, 1.807) is 0 Å². The molecule has 124 valence electrons. The Morgan fingerprint density at radius 1 is 1.57 bits per heavy atom. The zero-order valence-electron chi connectivity index (χ0n) is 12.9. The normalized spacial score (nSPS) is 17.8. The standard InChI is InChI=1S/C16H19F2N3OS/c1-10(19-9-11-4-3-7-22-11)14-5-6-15(23-14)12-8-13(16(17)18)21(2)20-12/h5-6,8,11,16,19H,1,3-4,7,9H2,2H3. The van der Waals surface area contributed by atoms with Crippen LogP contribution < -0.4 is 5.32 Å². The molecule has 2 aromatic heterocycles. The summed E-state index contributed by atoms with van der Waals surface area (Å²) in [6, 6.07) is 5.25. The van der Waals surface area contributed by atoms with E-state index in [0.29, 0.717) is 5.69 Å². The Balaban J connectivity index is 1.67. The van der Waals surface area contributed by atoms with Gasteiger partial charge in [-0.1, -0.05) is 6.58 Å². The summed E-state index contributed by atoms with van der Waals surface area (Å²) in [4.78, 5) is 1.82. The molecule has 1 aliphatic heterocycles. The van der Waals surface area contributed by atoms with Crippen LogP contribution in [0.4, 0.5) is 8.78 Å². The van der Waals surface area contributed by atoms with Gasteiger partial charge in [0.25, 0.3) is 6.43 Å². The van der Waals surface area contributed by atoms with Crippen LogP contribution in [0.25, 0.3) is 16.3 Å². The molecule has 1 aliphatic rings. The molecule has 1 atom stereocenters. The molecular formula is C16H19F2N3OS.